The van der Waals surface area contributed by atoms with E-state index < -0.39 is 0 Å². The lowest BCUT2D eigenvalue weighted by Gasteiger charge is -2.15. The summed E-state index contributed by atoms with van der Waals surface area (Å²) in [5.41, 5.74) is 1.30. The van der Waals surface area contributed by atoms with Gasteiger partial charge in [-0.3, -0.25) is 4.99 Å². The van der Waals surface area contributed by atoms with Crippen LogP contribution in [0, 0.1) is 0 Å². The van der Waals surface area contributed by atoms with Crippen LogP contribution in [0.5, 0.6) is 0 Å². The van der Waals surface area contributed by atoms with Gasteiger partial charge in [0.2, 0.25) is 0 Å². The van der Waals surface area contributed by atoms with Crippen molar-refractivity contribution in [2.45, 2.75) is 77.2 Å². The summed E-state index contributed by atoms with van der Waals surface area (Å²) in [4.78, 5) is 5.13. The van der Waals surface area contributed by atoms with E-state index in [9.17, 15) is 0 Å². The molecule has 0 radical (unpaired) electrons. The lowest BCUT2D eigenvalue weighted by atomic mass is 9.98. The molecule has 1 fully saturated rings. The maximum atomic E-state index is 5.13. The monoisotopic (exact) mass is 400 g/mol. The van der Waals surface area contributed by atoms with Crippen molar-refractivity contribution in [1.29, 1.82) is 0 Å². The summed E-state index contributed by atoms with van der Waals surface area (Å²) < 4.78 is 0. The first kappa shape index (κ1) is 20.9. The van der Waals surface area contributed by atoms with Crippen molar-refractivity contribution in [3.05, 3.63) is 60.2 Å². The van der Waals surface area contributed by atoms with Crippen LogP contribution in [-0.2, 0) is 0 Å². The molecule has 4 rings (SSSR count). The maximum Gasteiger partial charge on any atom is 0.0970 e. The van der Waals surface area contributed by atoms with Crippen molar-refractivity contribution in [2.24, 2.45) is 4.99 Å². The summed E-state index contributed by atoms with van der Waals surface area (Å²) in [7, 11) is 0. The zero-order valence-electron chi connectivity index (χ0n) is 18.5. The van der Waals surface area contributed by atoms with E-state index in [0.29, 0.717) is 0 Å². The summed E-state index contributed by atoms with van der Waals surface area (Å²) in [5, 5.41) is 8.94. The lowest BCUT2D eigenvalue weighted by Crippen LogP contribution is -2.25. The third-order valence-corrected chi connectivity index (χ3v) is 6.52. The molecule has 2 nitrogen and oxygen atoms in total. The van der Waals surface area contributed by atoms with E-state index in [1.165, 1.54) is 90.7 Å². The second-order valence-corrected chi connectivity index (χ2v) is 8.88. The Hall–Kier alpha value is -2.35. The molecular weight excluding hydrogens is 364 g/mol. The van der Waals surface area contributed by atoms with Gasteiger partial charge in [-0.15, -0.1) is 0 Å². The van der Waals surface area contributed by atoms with Crippen LogP contribution in [-0.4, -0.2) is 12.4 Å². The maximum absolute atomic E-state index is 5.13. The normalized spacial score (nSPS) is 19.6. The van der Waals surface area contributed by atoms with Gasteiger partial charge >= 0.3 is 0 Å². The van der Waals surface area contributed by atoms with E-state index in [0.717, 1.165) is 13.0 Å². The first-order valence-electron chi connectivity index (χ1n) is 12.0. The van der Waals surface area contributed by atoms with Crippen LogP contribution in [0.25, 0.3) is 21.5 Å². The Morgan fingerprint density at radius 3 is 2.20 bits per heavy atom. The molecule has 158 valence electrons. The molecule has 0 bridgehead atoms. The number of nitrogens with one attached hydrogen (secondary N) is 1. The van der Waals surface area contributed by atoms with Crippen molar-refractivity contribution in [2.75, 3.05) is 6.54 Å². The molecule has 1 aliphatic heterocycles. The molecule has 1 atom stereocenters. The van der Waals surface area contributed by atoms with Gasteiger partial charge in [0.15, 0.2) is 0 Å². The van der Waals surface area contributed by atoms with E-state index in [1.807, 2.05) is 0 Å². The van der Waals surface area contributed by atoms with Crippen LogP contribution in [0.15, 0.2) is 59.6 Å². The first-order valence-corrected chi connectivity index (χ1v) is 12.0. The summed E-state index contributed by atoms with van der Waals surface area (Å²) in [6.45, 7) is 3.30. The Kier molecular flexibility index (Phi) is 7.39. The molecule has 1 N–H and O–H groups in total. The van der Waals surface area contributed by atoms with Crippen molar-refractivity contribution in [3.8, 4) is 0 Å². The van der Waals surface area contributed by atoms with Gasteiger partial charge in [-0.1, -0.05) is 93.5 Å². The fourth-order valence-electron chi connectivity index (χ4n) is 4.69. The molecule has 30 heavy (non-hydrogen) atoms. The predicted octanol–water partition coefficient (Wildman–Crippen LogP) is 7.96. The van der Waals surface area contributed by atoms with Crippen LogP contribution < -0.4 is 5.32 Å². The molecular formula is C28H36N2. The average Bonchev–Trinajstić information content (AvgIpc) is 2.81. The number of benzene rings is 3. The van der Waals surface area contributed by atoms with Gasteiger partial charge < -0.3 is 5.32 Å². The molecule has 1 heterocycles. The van der Waals surface area contributed by atoms with Crippen molar-refractivity contribution in [3.63, 3.8) is 0 Å². The van der Waals surface area contributed by atoms with Crippen molar-refractivity contribution < 1.29 is 0 Å². The molecule has 0 amide bonds. The van der Waals surface area contributed by atoms with Crippen molar-refractivity contribution >= 4 is 27.4 Å². The smallest absolute Gasteiger partial charge is 0.0970 e. The molecule has 3 aromatic rings. The largest absolute Gasteiger partial charge is 0.374 e. The van der Waals surface area contributed by atoms with Crippen LogP contribution in [0.1, 0.15) is 82.7 Å². The number of amidine groups is 1. The quantitative estimate of drug-likeness (QED) is 0.433. The Bertz CT molecular complexity index is 972. The average molecular weight is 401 g/mol. The van der Waals surface area contributed by atoms with E-state index in [-0.39, 0.29) is 6.04 Å². The molecule has 1 saturated heterocycles. The number of fused-ring (bicyclic) bond motifs is 3. The zero-order valence-corrected chi connectivity index (χ0v) is 18.5. The van der Waals surface area contributed by atoms with E-state index in [2.05, 4.69) is 66.8 Å². The molecule has 1 unspecified atom stereocenters. The van der Waals surface area contributed by atoms with Crippen LogP contribution >= 0.6 is 0 Å². The summed E-state index contributed by atoms with van der Waals surface area (Å²) >= 11 is 0. The molecule has 0 aromatic heterocycles. The fourth-order valence-corrected chi connectivity index (χ4v) is 4.69. The summed E-state index contributed by atoms with van der Waals surface area (Å²) in [5.74, 6) is 1.21. The van der Waals surface area contributed by atoms with E-state index in [1.54, 1.807) is 0 Å². The topological polar surface area (TPSA) is 24.4 Å². The first-order chi connectivity index (χ1) is 14.8. The van der Waals surface area contributed by atoms with E-state index in [4.69, 9.17) is 4.99 Å². The highest BCUT2D eigenvalue weighted by atomic mass is 15.0. The molecule has 2 heteroatoms. The summed E-state index contributed by atoms with van der Waals surface area (Å²) in [6.07, 6.45) is 13.3. The highest BCUT2D eigenvalue weighted by Crippen LogP contribution is 2.28. The molecule has 0 saturated carbocycles. The van der Waals surface area contributed by atoms with Crippen LogP contribution in [0.4, 0.5) is 0 Å². The molecule has 0 aliphatic carbocycles. The molecule has 1 aliphatic rings. The Morgan fingerprint density at radius 2 is 1.37 bits per heavy atom. The molecule has 3 aromatic carbocycles. The van der Waals surface area contributed by atoms with Gasteiger partial charge in [0, 0.05) is 13.0 Å². The zero-order chi connectivity index (χ0) is 20.6. The number of nitrogens with zero attached hydrogens (tertiary/aromatic N) is 1. The number of hydrogen-bond acceptors (Lipinski definition) is 1. The second-order valence-electron chi connectivity index (χ2n) is 8.88. The Balaban J connectivity index is 1.52. The van der Waals surface area contributed by atoms with Gasteiger partial charge in [0.05, 0.1) is 11.9 Å². The second kappa shape index (κ2) is 10.6. The van der Waals surface area contributed by atoms with Crippen LogP contribution in [0.2, 0.25) is 0 Å². The predicted molar refractivity (Wildman–Crippen MR) is 131 cm³/mol. The fraction of sp³-hybridized carbons (Fsp3) is 0.464. The minimum absolute atomic E-state index is 0.180. The van der Waals surface area contributed by atoms with Gasteiger partial charge in [-0.05, 0) is 52.9 Å². The van der Waals surface area contributed by atoms with Crippen molar-refractivity contribution in [1.82, 2.24) is 5.32 Å². The van der Waals surface area contributed by atoms with Gasteiger partial charge in [-0.2, -0.15) is 0 Å². The minimum atomic E-state index is 0.180. The number of rotatable bonds is 2. The minimum Gasteiger partial charge on any atom is -0.374 e. The highest BCUT2D eigenvalue weighted by molar-refractivity contribution is 6.07. The van der Waals surface area contributed by atoms with Gasteiger partial charge in [0.25, 0.3) is 0 Å². The lowest BCUT2D eigenvalue weighted by molar-refractivity contribution is 0.566. The third kappa shape index (κ3) is 5.41. The third-order valence-electron chi connectivity index (χ3n) is 6.52. The SMILES string of the molecule is CC(/N=C1\CCCCCCCCCCCN1)c1ccc2c(ccc3ccccc32)c1. The summed E-state index contributed by atoms with van der Waals surface area (Å²) in [6, 6.07) is 20.2. The Morgan fingerprint density at radius 1 is 0.700 bits per heavy atom. The number of hydrogen-bond donors (Lipinski definition) is 1. The number of aliphatic imine (C=N–C) groups is 1. The Labute approximate surface area is 181 Å². The van der Waals surface area contributed by atoms with Crippen LogP contribution in [0.3, 0.4) is 0 Å². The standard InChI is InChI=1S/C28H36N2/c1-22(30-28-15-9-7-5-3-2-4-6-8-12-20-29-28)24-18-19-27-25(21-24)17-16-23-13-10-11-14-26(23)27/h10-11,13-14,16-19,21-22H,2-9,12,15,20H2,1H3,(H,29,30). The highest BCUT2D eigenvalue weighted by Gasteiger charge is 2.09. The van der Waals surface area contributed by atoms with Gasteiger partial charge in [-0.25, -0.2) is 0 Å². The molecule has 0 spiro atoms. The van der Waals surface area contributed by atoms with Gasteiger partial charge in [0.1, 0.15) is 0 Å². The van der Waals surface area contributed by atoms with E-state index >= 15 is 0 Å².